The highest BCUT2D eigenvalue weighted by Gasteiger charge is 2.22. The Morgan fingerprint density at radius 1 is 1.14 bits per heavy atom. The molecule has 1 unspecified atom stereocenters. The molecule has 3 aromatic heterocycles. The summed E-state index contributed by atoms with van der Waals surface area (Å²) in [6.07, 6.45) is 11.6. The number of nitrogens with two attached hydrogens (primary N) is 1. The van der Waals surface area contributed by atoms with Crippen LogP contribution < -0.4 is 10.5 Å². The Labute approximate surface area is 219 Å². The van der Waals surface area contributed by atoms with Gasteiger partial charge in [0, 0.05) is 42.7 Å². The molecule has 7 nitrogen and oxygen atoms in total. The van der Waals surface area contributed by atoms with Gasteiger partial charge in [0.15, 0.2) is 6.23 Å². The molecule has 0 saturated carbocycles. The quantitative estimate of drug-likeness (QED) is 0.293. The number of aromatic nitrogens is 4. The van der Waals surface area contributed by atoms with Crippen LogP contribution in [-0.4, -0.2) is 26.4 Å². The van der Waals surface area contributed by atoms with Crippen LogP contribution in [0.3, 0.4) is 0 Å². The maximum Gasteiger partial charge on any atom is 0.150 e. The van der Waals surface area contributed by atoms with Gasteiger partial charge in [-0.25, -0.2) is 4.68 Å². The van der Waals surface area contributed by atoms with E-state index in [0.717, 1.165) is 53.7 Å². The van der Waals surface area contributed by atoms with E-state index in [1.165, 1.54) is 0 Å². The first-order valence-electron chi connectivity index (χ1n) is 12.0. The van der Waals surface area contributed by atoms with Crippen molar-refractivity contribution in [1.82, 2.24) is 19.7 Å². The lowest BCUT2D eigenvalue weighted by atomic mass is 10.1. The van der Waals surface area contributed by atoms with Gasteiger partial charge in [-0.3, -0.25) is 9.97 Å². The third kappa shape index (κ3) is 5.25. The monoisotopic (exact) mass is 523 g/mol. The minimum absolute atomic E-state index is 0.0889. The summed E-state index contributed by atoms with van der Waals surface area (Å²) in [5.74, 6) is 0.687. The number of rotatable bonds is 7. The zero-order valence-corrected chi connectivity index (χ0v) is 21.4. The summed E-state index contributed by atoms with van der Waals surface area (Å²) >= 11 is 12.7. The average molecular weight is 524 g/mol. The molecule has 0 spiro atoms. The minimum atomic E-state index is -0.367. The molecule has 1 aliphatic rings. The van der Waals surface area contributed by atoms with Crippen LogP contribution in [0.2, 0.25) is 10.0 Å². The molecule has 1 fully saturated rings. The molecule has 1 saturated heterocycles. The van der Waals surface area contributed by atoms with Crippen molar-refractivity contribution in [1.29, 1.82) is 0 Å². The number of ether oxygens (including phenoxy) is 2. The fraction of sp³-hybridized carbons (Fsp3) is 0.296. The summed E-state index contributed by atoms with van der Waals surface area (Å²) in [6.45, 7) is 3.06. The molecule has 4 aromatic rings. The van der Waals surface area contributed by atoms with E-state index in [-0.39, 0.29) is 12.3 Å². The van der Waals surface area contributed by atoms with Crippen molar-refractivity contribution in [2.45, 2.75) is 45.1 Å². The maximum atomic E-state index is 6.34. The average Bonchev–Trinajstić information content (AvgIpc) is 3.26. The lowest BCUT2D eigenvalue weighted by Crippen LogP contribution is -2.19. The van der Waals surface area contributed by atoms with Gasteiger partial charge in [0.05, 0.1) is 26.9 Å². The van der Waals surface area contributed by atoms with Gasteiger partial charge in [0.2, 0.25) is 0 Å². The van der Waals surface area contributed by atoms with E-state index in [1.54, 1.807) is 18.6 Å². The topological polar surface area (TPSA) is 88.1 Å². The molecule has 186 valence electrons. The SMILES string of the molecule is C[C@@H](Oc1ccc2c(c1)c(/C=C/c1ccc(CN)nc1)nn2C1CCCCO1)c1c(Cl)cncc1Cl. The molecule has 0 bridgehead atoms. The number of fused-ring (bicyclic) bond motifs is 1. The molecule has 0 radical (unpaired) electrons. The lowest BCUT2D eigenvalue weighted by Gasteiger charge is -2.23. The van der Waals surface area contributed by atoms with Crippen LogP contribution in [0, 0.1) is 0 Å². The van der Waals surface area contributed by atoms with Crippen LogP contribution in [0.4, 0.5) is 0 Å². The van der Waals surface area contributed by atoms with Crippen molar-refractivity contribution in [3.05, 3.63) is 81.5 Å². The van der Waals surface area contributed by atoms with E-state index in [1.807, 2.05) is 54.1 Å². The Morgan fingerprint density at radius 2 is 1.97 bits per heavy atom. The van der Waals surface area contributed by atoms with E-state index in [2.05, 4.69) is 9.97 Å². The van der Waals surface area contributed by atoms with E-state index < -0.39 is 0 Å². The first-order chi connectivity index (χ1) is 17.5. The second-order valence-corrected chi connectivity index (χ2v) is 9.54. The van der Waals surface area contributed by atoms with Crippen LogP contribution in [0.25, 0.3) is 23.1 Å². The molecule has 5 rings (SSSR count). The summed E-state index contributed by atoms with van der Waals surface area (Å²) < 4.78 is 14.3. The second kappa shape index (κ2) is 11.0. The van der Waals surface area contributed by atoms with Crippen molar-refractivity contribution in [3.8, 4) is 5.75 Å². The molecule has 4 heterocycles. The maximum absolute atomic E-state index is 6.34. The van der Waals surface area contributed by atoms with Gasteiger partial charge in [0.25, 0.3) is 0 Å². The standard InChI is InChI=1S/C27H27Cl2N5O2/c1-17(27-22(28)15-31-16-23(27)29)36-20-8-10-25-21(12-20)24(33-34(25)26-4-2-3-11-35-26)9-6-18-5-7-19(13-30)32-14-18/h5-10,12,14-17,26H,2-4,11,13,30H2,1H3/b9-6+/t17-,26?/m1/s1. The highest BCUT2D eigenvalue weighted by molar-refractivity contribution is 6.35. The third-order valence-corrected chi connectivity index (χ3v) is 6.84. The zero-order chi connectivity index (χ0) is 25.1. The number of halogens is 2. The Hall–Kier alpha value is -2.97. The fourth-order valence-corrected chi connectivity index (χ4v) is 5.05. The van der Waals surface area contributed by atoms with Crippen LogP contribution in [0.1, 0.15) is 61.0 Å². The molecule has 1 aliphatic heterocycles. The smallest absolute Gasteiger partial charge is 0.150 e. The van der Waals surface area contributed by atoms with Crippen molar-refractivity contribution in [2.24, 2.45) is 5.73 Å². The summed E-state index contributed by atoms with van der Waals surface area (Å²) in [6, 6.07) is 9.87. The first-order valence-corrected chi connectivity index (χ1v) is 12.7. The van der Waals surface area contributed by atoms with Crippen LogP contribution >= 0.6 is 23.2 Å². The Kier molecular flexibility index (Phi) is 7.53. The van der Waals surface area contributed by atoms with Gasteiger partial charge in [0.1, 0.15) is 11.9 Å². The van der Waals surface area contributed by atoms with Crippen molar-refractivity contribution in [2.75, 3.05) is 6.61 Å². The molecule has 2 atom stereocenters. The van der Waals surface area contributed by atoms with Gasteiger partial charge >= 0.3 is 0 Å². The van der Waals surface area contributed by atoms with Crippen LogP contribution in [0.15, 0.2) is 48.9 Å². The Bertz CT molecular complexity index is 1360. The van der Waals surface area contributed by atoms with E-state index in [9.17, 15) is 0 Å². The van der Waals surface area contributed by atoms with Crippen molar-refractivity contribution >= 4 is 46.3 Å². The zero-order valence-electron chi connectivity index (χ0n) is 19.9. The van der Waals surface area contributed by atoms with E-state index >= 15 is 0 Å². The Balaban J connectivity index is 1.50. The van der Waals surface area contributed by atoms with E-state index in [0.29, 0.717) is 27.9 Å². The van der Waals surface area contributed by atoms with Gasteiger partial charge in [-0.15, -0.1) is 0 Å². The summed E-state index contributed by atoms with van der Waals surface area (Å²) in [5, 5.41) is 6.83. The number of benzene rings is 1. The third-order valence-electron chi connectivity index (χ3n) is 6.23. The van der Waals surface area contributed by atoms with Gasteiger partial charge in [-0.1, -0.05) is 35.3 Å². The molecule has 1 aromatic carbocycles. The number of hydrogen-bond donors (Lipinski definition) is 1. The highest BCUT2D eigenvalue weighted by Crippen LogP contribution is 2.35. The van der Waals surface area contributed by atoms with Crippen LogP contribution in [0.5, 0.6) is 5.75 Å². The molecule has 36 heavy (non-hydrogen) atoms. The van der Waals surface area contributed by atoms with E-state index in [4.69, 9.17) is 43.5 Å². The lowest BCUT2D eigenvalue weighted by molar-refractivity contribution is -0.0367. The number of hydrogen-bond acceptors (Lipinski definition) is 6. The first kappa shape index (κ1) is 24.7. The summed E-state index contributed by atoms with van der Waals surface area (Å²) in [4.78, 5) is 8.40. The van der Waals surface area contributed by atoms with Gasteiger partial charge < -0.3 is 15.2 Å². The molecule has 2 N–H and O–H groups in total. The predicted molar refractivity (Wildman–Crippen MR) is 143 cm³/mol. The fourth-order valence-electron chi connectivity index (χ4n) is 4.38. The van der Waals surface area contributed by atoms with Gasteiger partial charge in [-0.2, -0.15) is 5.10 Å². The summed E-state index contributed by atoms with van der Waals surface area (Å²) in [5.41, 5.74) is 9.99. The van der Waals surface area contributed by atoms with Crippen molar-refractivity contribution in [3.63, 3.8) is 0 Å². The highest BCUT2D eigenvalue weighted by atomic mass is 35.5. The van der Waals surface area contributed by atoms with Crippen LogP contribution in [-0.2, 0) is 11.3 Å². The molecule has 9 heteroatoms. The predicted octanol–water partition coefficient (Wildman–Crippen LogP) is 6.60. The molecule has 0 aliphatic carbocycles. The minimum Gasteiger partial charge on any atom is -0.486 e. The summed E-state index contributed by atoms with van der Waals surface area (Å²) in [7, 11) is 0. The van der Waals surface area contributed by atoms with Gasteiger partial charge in [-0.05, 0) is 62.1 Å². The number of pyridine rings is 2. The largest absolute Gasteiger partial charge is 0.486 e. The van der Waals surface area contributed by atoms with Crippen molar-refractivity contribution < 1.29 is 9.47 Å². The molecular weight excluding hydrogens is 497 g/mol. The normalized spacial score (nSPS) is 17.1. The number of nitrogens with zero attached hydrogens (tertiary/aromatic N) is 4. The molecule has 0 amide bonds. The second-order valence-electron chi connectivity index (χ2n) is 8.73. The Morgan fingerprint density at radius 3 is 2.67 bits per heavy atom. The molecular formula is C27H27Cl2N5O2.